The Bertz CT molecular complexity index is 747. The molecule has 28 heavy (non-hydrogen) atoms. The summed E-state index contributed by atoms with van der Waals surface area (Å²) < 4.78 is 5.38. The van der Waals surface area contributed by atoms with Gasteiger partial charge in [0, 0.05) is 45.6 Å². The zero-order valence-electron chi connectivity index (χ0n) is 16.8. The Morgan fingerprint density at radius 2 is 1.93 bits per heavy atom. The van der Waals surface area contributed by atoms with Crippen molar-refractivity contribution in [3.63, 3.8) is 0 Å². The topological polar surface area (TPSA) is 57.7 Å². The lowest BCUT2D eigenvalue weighted by atomic mass is 9.96. The number of nitrogens with zero attached hydrogens (tertiary/aromatic N) is 3. The fourth-order valence-electron chi connectivity index (χ4n) is 3.50. The second kappa shape index (κ2) is 10.2. The molecule has 0 bridgehead atoms. The smallest absolute Gasteiger partial charge is 0.317 e. The van der Waals surface area contributed by atoms with Crippen molar-refractivity contribution in [1.82, 2.24) is 20.1 Å². The lowest BCUT2D eigenvalue weighted by molar-refractivity contribution is 0.0367. The molecule has 1 aliphatic heterocycles. The number of nitrogens with one attached hydrogen (secondary N) is 1. The van der Waals surface area contributed by atoms with Gasteiger partial charge in [0.1, 0.15) is 0 Å². The van der Waals surface area contributed by atoms with Crippen LogP contribution in [0, 0.1) is 6.92 Å². The quantitative estimate of drug-likeness (QED) is 0.800. The van der Waals surface area contributed by atoms with Gasteiger partial charge < -0.3 is 15.0 Å². The van der Waals surface area contributed by atoms with Crippen LogP contribution in [-0.2, 0) is 4.74 Å². The predicted molar refractivity (Wildman–Crippen MR) is 110 cm³/mol. The van der Waals surface area contributed by atoms with Gasteiger partial charge in [0.2, 0.25) is 0 Å². The van der Waals surface area contributed by atoms with Crippen LogP contribution >= 0.6 is 0 Å². The summed E-state index contributed by atoms with van der Waals surface area (Å²) in [4.78, 5) is 21.1. The van der Waals surface area contributed by atoms with Crippen molar-refractivity contribution in [1.29, 1.82) is 0 Å². The third kappa shape index (κ3) is 5.53. The second-order valence-electron chi connectivity index (χ2n) is 7.25. The van der Waals surface area contributed by atoms with Gasteiger partial charge in [-0.05, 0) is 42.2 Å². The van der Waals surface area contributed by atoms with Gasteiger partial charge in [0.05, 0.1) is 19.3 Å². The molecule has 1 aromatic carbocycles. The van der Waals surface area contributed by atoms with Crippen LogP contribution < -0.4 is 5.32 Å². The van der Waals surface area contributed by atoms with Gasteiger partial charge in [0.25, 0.3) is 0 Å². The molecule has 1 aromatic heterocycles. The lowest BCUT2D eigenvalue weighted by Crippen LogP contribution is -2.42. The van der Waals surface area contributed by atoms with E-state index in [9.17, 15) is 4.79 Å². The molecule has 1 atom stereocenters. The number of carbonyl (C=O) groups is 1. The van der Waals surface area contributed by atoms with Crippen molar-refractivity contribution in [3.05, 3.63) is 65.5 Å². The van der Waals surface area contributed by atoms with Crippen molar-refractivity contribution in [2.75, 3.05) is 46.4 Å². The molecule has 1 N–H and O–H groups in total. The normalized spacial score (nSPS) is 15.8. The summed E-state index contributed by atoms with van der Waals surface area (Å²) >= 11 is 0. The van der Waals surface area contributed by atoms with Crippen LogP contribution in [0.3, 0.4) is 0 Å². The summed E-state index contributed by atoms with van der Waals surface area (Å²) in [6.07, 6.45) is 4.48. The maximum atomic E-state index is 12.9. The minimum atomic E-state index is -0.196. The second-order valence-corrected chi connectivity index (χ2v) is 7.25. The molecule has 2 heterocycles. The van der Waals surface area contributed by atoms with Crippen LogP contribution in [0.15, 0.2) is 48.8 Å². The van der Waals surface area contributed by atoms with Gasteiger partial charge in [-0.15, -0.1) is 0 Å². The molecule has 2 amide bonds. The molecule has 6 nitrogen and oxygen atoms in total. The van der Waals surface area contributed by atoms with Crippen molar-refractivity contribution >= 4 is 6.03 Å². The fraction of sp³-hybridized carbons (Fsp3) is 0.455. The van der Waals surface area contributed by atoms with E-state index in [0.29, 0.717) is 0 Å². The van der Waals surface area contributed by atoms with Gasteiger partial charge in [-0.3, -0.25) is 9.88 Å². The molecular formula is C22H30N4O2. The monoisotopic (exact) mass is 382 g/mol. The van der Waals surface area contributed by atoms with E-state index in [2.05, 4.69) is 34.3 Å². The zero-order valence-corrected chi connectivity index (χ0v) is 16.8. The maximum Gasteiger partial charge on any atom is 0.317 e. The highest BCUT2D eigenvalue weighted by atomic mass is 16.5. The molecule has 1 fully saturated rings. The molecule has 0 radical (unpaired) electrons. The molecule has 0 spiro atoms. The predicted octanol–water partition coefficient (Wildman–Crippen LogP) is 2.84. The van der Waals surface area contributed by atoms with Crippen molar-refractivity contribution in [3.8, 4) is 0 Å². The standard InChI is InChI=1S/C22H30N4O2/c1-18-6-3-4-7-20(18)21(19-8-10-23-11-9-19)24-22(27)25(2)12-5-13-26-14-16-28-17-15-26/h3-4,6-11,21H,5,12-17H2,1-2H3,(H,24,27)/t21-/m0/s1. The van der Waals surface area contributed by atoms with Crippen LogP contribution in [0.25, 0.3) is 0 Å². The highest BCUT2D eigenvalue weighted by Gasteiger charge is 2.20. The maximum absolute atomic E-state index is 12.9. The SMILES string of the molecule is Cc1ccccc1[C@@H](NC(=O)N(C)CCCN1CCOCC1)c1ccncc1. The van der Waals surface area contributed by atoms with Crippen LogP contribution in [-0.4, -0.2) is 67.3 Å². The summed E-state index contributed by atoms with van der Waals surface area (Å²) in [6, 6.07) is 11.8. The highest BCUT2D eigenvalue weighted by Crippen LogP contribution is 2.24. The first-order valence-corrected chi connectivity index (χ1v) is 9.92. The summed E-state index contributed by atoms with van der Waals surface area (Å²) in [6.45, 7) is 7.36. The first-order valence-electron chi connectivity index (χ1n) is 9.92. The molecule has 0 saturated carbocycles. The molecule has 3 rings (SSSR count). The van der Waals surface area contributed by atoms with Crippen LogP contribution in [0.1, 0.15) is 29.2 Å². The Labute approximate surface area is 167 Å². The first kappa shape index (κ1) is 20.3. The van der Waals surface area contributed by atoms with Gasteiger partial charge in [-0.2, -0.15) is 0 Å². The van der Waals surface area contributed by atoms with Crippen LogP contribution in [0.4, 0.5) is 4.79 Å². The van der Waals surface area contributed by atoms with Gasteiger partial charge in [-0.1, -0.05) is 24.3 Å². The molecule has 0 aliphatic carbocycles. The van der Waals surface area contributed by atoms with E-state index in [-0.39, 0.29) is 12.1 Å². The van der Waals surface area contributed by atoms with Gasteiger partial charge in [0.15, 0.2) is 0 Å². The number of benzene rings is 1. The number of pyridine rings is 1. The third-order valence-corrected chi connectivity index (χ3v) is 5.22. The van der Waals surface area contributed by atoms with E-state index in [1.165, 1.54) is 0 Å². The molecular weight excluding hydrogens is 352 g/mol. The molecule has 150 valence electrons. The van der Waals surface area contributed by atoms with E-state index in [0.717, 1.165) is 62.5 Å². The van der Waals surface area contributed by atoms with Crippen molar-refractivity contribution in [2.45, 2.75) is 19.4 Å². The number of rotatable bonds is 7. The summed E-state index contributed by atoms with van der Waals surface area (Å²) in [5, 5.41) is 3.20. The van der Waals surface area contributed by atoms with Crippen molar-refractivity contribution in [2.24, 2.45) is 0 Å². The minimum absolute atomic E-state index is 0.0629. The molecule has 6 heteroatoms. The number of ether oxygens (including phenoxy) is 1. The number of urea groups is 1. The average Bonchev–Trinajstić information content (AvgIpc) is 2.74. The Morgan fingerprint density at radius 1 is 1.21 bits per heavy atom. The van der Waals surface area contributed by atoms with E-state index < -0.39 is 0 Å². The number of aromatic nitrogens is 1. The molecule has 1 aliphatic rings. The Morgan fingerprint density at radius 3 is 2.64 bits per heavy atom. The van der Waals surface area contributed by atoms with Gasteiger partial charge >= 0.3 is 6.03 Å². The Balaban J connectivity index is 1.61. The average molecular weight is 383 g/mol. The first-order chi connectivity index (χ1) is 13.6. The number of amides is 2. The summed E-state index contributed by atoms with van der Waals surface area (Å²) in [5.74, 6) is 0. The molecule has 0 unspecified atom stereocenters. The number of hydrogen-bond acceptors (Lipinski definition) is 4. The Kier molecular flexibility index (Phi) is 7.39. The van der Waals surface area contributed by atoms with E-state index in [1.807, 2.05) is 31.3 Å². The Hall–Kier alpha value is -2.44. The zero-order chi connectivity index (χ0) is 19.8. The number of hydrogen-bond donors (Lipinski definition) is 1. The van der Waals surface area contributed by atoms with Crippen LogP contribution in [0.5, 0.6) is 0 Å². The van der Waals surface area contributed by atoms with Crippen LogP contribution in [0.2, 0.25) is 0 Å². The summed E-state index contributed by atoms with van der Waals surface area (Å²) in [5.41, 5.74) is 3.28. The van der Waals surface area contributed by atoms with E-state index in [4.69, 9.17) is 4.74 Å². The minimum Gasteiger partial charge on any atom is -0.379 e. The fourth-order valence-corrected chi connectivity index (χ4v) is 3.50. The number of aryl methyl sites for hydroxylation is 1. The summed E-state index contributed by atoms with van der Waals surface area (Å²) in [7, 11) is 1.86. The van der Waals surface area contributed by atoms with E-state index >= 15 is 0 Å². The largest absolute Gasteiger partial charge is 0.379 e. The molecule has 2 aromatic rings. The van der Waals surface area contributed by atoms with Crippen molar-refractivity contribution < 1.29 is 9.53 Å². The van der Waals surface area contributed by atoms with Gasteiger partial charge in [-0.25, -0.2) is 4.79 Å². The third-order valence-electron chi connectivity index (χ3n) is 5.22. The number of morpholine rings is 1. The number of carbonyl (C=O) groups excluding carboxylic acids is 1. The highest BCUT2D eigenvalue weighted by molar-refractivity contribution is 5.75. The van der Waals surface area contributed by atoms with E-state index in [1.54, 1.807) is 17.3 Å². The molecule has 1 saturated heterocycles. The lowest BCUT2D eigenvalue weighted by Gasteiger charge is -2.28.